The number of alkyl halides is 2. The highest BCUT2D eigenvalue weighted by Gasteiger charge is 2.24. The van der Waals surface area contributed by atoms with Crippen LogP contribution in [0, 0.1) is 0 Å². The number of carbonyl (C=O) groups is 1. The molecule has 2 aromatic carbocycles. The molecular formula is C19H18F2N6O2. The number of para-hydroxylation sites is 2. The normalized spacial score (nSPS) is 14.1. The van der Waals surface area contributed by atoms with Crippen molar-refractivity contribution in [2.24, 2.45) is 0 Å². The second kappa shape index (κ2) is 7.82. The van der Waals surface area contributed by atoms with Gasteiger partial charge in [0, 0.05) is 20.0 Å². The Balaban J connectivity index is 1.61. The molecule has 10 heteroatoms. The number of tetrazole rings is 1. The van der Waals surface area contributed by atoms with Gasteiger partial charge >= 0.3 is 6.61 Å². The Hall–Kier alpha value is -3.56. The Morgan fingerprint density at radius 1 is 1.10 bits per heavy atom. The first-order chi connectivity index (χ1) is 14.0. The number of halogens is 2. The molecule has 1 aliphatic heterocycles. The molecule has 3 aromatic rings. The number of nitrogens with zero attached hydrogens (tertiary/aromatic N) is 6. The van der Waals surface area contributed by atoms with E-state index in [1.54, 1.807) is 24.1 Å². The SMILES string of the molecule is CN1C(=O)CCN(Cc2nnnn2-c2ccc(OC(F)F)cc2)c2ccccc21. The van der Waals surface area contributed by atoms with Gasteiger partial charge in [0.2, 0.25) is 5.91 Å². The van der Waals surface area contributed by atoms with Crippen LogP contribution in [0.5, 0.6) is 5.75 Å². The van der Waals surface area contributed by atoms with Gasteiger partial charge in [0.25, 0.3) is 0 Å². The van der Waals surface area contributed by atoms with Crippen LogP contribution >= 0.6 is 0 Å². The predicted octanol–water partition coefficient (Wildman–Crippen LogP) is 2.64. The standard InChI is InChI=1S/C19H18F2N6O2/c1-25-15-4-2-3-5-16(15)26(11-10-18(25)28)12-17-22-23-24-27(17)13-6-8-14(9-7-13)29-19(20)21/h2-9,19H,10-12H2,1H3. The van der Waals surface area contributed by atoms with Gasteiger partial charge in [0.15, 0.2) is 5.82 Å². The molecule has 1 aliphatic rings. The molecule has 1 aromatic heterocycles. The van der Waals surface area contributed by atoms with E-state index in [1.165, 1.54) is 16.8 Å². The summed E-state index contributed by atoms with van der Waals surface area (Å²) in [5, 5.41) is 11.9. The van der Waals surface area contributed by atoms with E-state index in [0.29, 0.717) is 31.0 Å². The van der Waals surface area contributed by atoms with Crippen LogP contribution in [-0.2, 0) is 11.3 Å². The molecule has 4 rings (SSSR count). The van der Waals surface area contributed by atoms with E-state index in [9.17, 15) is 13.6 Å². The number of fused-ring (bicyclic) bond motifs is 1. The Kier molecular flexibility index (Phi) is 5.07. The Bertz CT molecular complexity index is 1010. The van der Waals surface area contributed by atoms with Crippen molar-refractivity contribution in [1.29, 1.82) is 0 Å². The molecular weight excluding hydrogens is 382 g/mol. The van der Waals surface area contributed by atoms with Crippen molar-refractivity contribution < 1.29 is 18.3 Å². The maximum absolute atomic E-state index is 12.3. The Morgan fingerprint density at radius 2 is 1.83 bits per heavy atom. The van der Waals surface area contributed by atoms with E-state index in [-0.39, 0.29) is 11.7 Å². The maximum Gasteiger partial charge on any atom is 0.387 e. The summed E-state index contributed by atoms with van der Waals surface area (Å²) in [6.07, 6.45) is 0.367. The number of ether oxygens (including phenoxy) is 1. The van der Waals surface area contributed by atoms with Gasteiger partial charge in [-0.2, -0.15) is 13.5 Å². The molecule has 0 bridgehead atoms. The van der Waals surface area contributed by atoms with Crippen molar-refractivity contribution >= 4 is 17.3 Å². The molecule has 0 saturated heterocycles. The molecule has 0 atom stereocenters. The number of amides is 1. The van der Waals surface area contributed by atoms with Crippen molar-refractivity contribution in [2.75, 3.05) is 23.4 Å². The molecule has 2 heterocycles. The molecule has 0 unspecified atom stereocenters. The van der Waals surface area contributed by atoms with Crippen LogP contribution in [0.15, 0.2) is 48.5 Å². The van der Waals surface area contributed by atoms with Gasteiger partial charge < -0.3 is 14.5 Å². The molecule has 0 aliphatic carbocycles. The van der Waals surface area contributed by atoms with Gasteiger partial charge in [-0.15, -0.1) is 5.10 Å². The summed E-state index contributed by atoms with van der Waals surface area (Å²) in [6.45, 7) is -1.98. The van der Waals surface area contributed by atoms with E-state index in [1.807, 2.05) is 29.2 Å². The van der Waals surface area contributed by atoms with E-state index in [4.69, 9.17) is 0 Å². The van der Waals surface area contributed by atoms with Gasteiger partial charge in [-0.1, -0.05) is 12.1 Å². The van der Waals surface area contributed by atoms with Crippen LogP contribution in [0.3, 0.4) is 0 Å². The molecule has 0 saturated carbocycles. The van der Waals surface area contributed by atoms with Crippen molar-refractivity contribution in [3.8, 4) is 11.4 Å². The van der Waals surface area contributed by atoms with Gasteiger partial charge in [-0.3, -0.25) is 4.79 Å². The third-order valence-corrected chi connectivity index (χ3v) is 4.73. The predicted molar refractivity (Wildman–Crippen MR) is 101 cm³/mol. The minimum absolute atomic E-state index is 0.0363. The minimum Gasteiger partial charge on any atom is -0.435 e. The summed E-state index contributed by atoms with van der Waals surface area (Å²) in [4.78, 5) is 16.0. The van der Waals surface area contributed by atoms with E-state index >= 15 is 0 Å². The van der Waals surface area contributed by atoms with Gasteiger partial charge in [0.05, 0.1) is 23.6 Å². The minimum atomic E-state index is -2.88. The summed E-state index contributed by atoms with van der Waals surface area (Å²) in [7, 11) is 1.76. The first-order valence-electron chi connectivity index (χ1n) is 8.96. The quantitative estimate of drug-likeness (QED) is 0.655. The van der Waals surface area contributed by atoms with E-state index in [2.05, 4.69) is 20.3 Å². The number of anilines is 2. The smallest absolute Gasteiger partial charge is 0.387 e. The third-order valence-electron chi connectivity index (χ3n) is 4.73. The molecule has 0 spiro atoms. The summed E-state index contributed by atoms with van der Waals surface area (Å²) < 4.78 is 30.6. The lowest BCUT2D eigenvalue weighted by Crippen LogP contribution is -2.27. The van der Waals surface area contributed by atoms with Crippen molar-refractivity contribution in [1.82, 2.24) is 20.2 Å². The number of benzene rings is 2. The summed E-state index contributed by atoms with van der Waals surface area (Å²) >= 11 is 0. The number of carbonyl (C=O) groups excluding carboxylic acids is 1. The van der Waals surface area contributed by atoms with Crippen LogP contribution in [0.4, 0.5) is 20.2 Å². The average molecular weight is 400 g/mol. The molecule has 0 radical (unpaired) electrons. The highest BCUT2D eigenvalue weighted by atomic mass is 19.3. The number of aromatic nitrogens is 4. The average Bonchev–Trinajstić information content (AvgIpc) is 3.14. The monoisotopic (exact) mass is 400 g/mol. The molecule has 150 valence electrons. The molecule has 0 fully saturated rings. The number of rotatable bonds is 5. The Labute approximate surface area is 165 Å². The molecule has 0 N–H and O–H groups in total. The molecule has 1 amide bonds. The second-order valence-corrected chi connectivity index (χ2v) is 6.49. The van der Waals surface area contributed by atoms with Gasteiger partial charge in [-0.05, 0) is 46.8 Å². The first kappa shape index (κ1) is 18.8. The zero-order chi connectivity index (χ0) is 20.4. The lowest BCUT2D eigenvalue weighted by Gasteiger charge is -2.24. The highest BCUT2D eigenvalue weighted by Crippen LogP contribution is 2.32. The zero-order valence-electron chi connectivity index (χ0n) is 15.6. The first-order valence-corrected chi connectivity index (χ1v) is 8.96. The summed E-state index contributed by atoms with van der Waals surface area (Å²) in [5.74, 6) is 0.648. The Morgan fingerprint density at radius 3 is 2.55 bits per heavy atom. The van der Waals surface area contributed by atoms with Crippen molar-refractivity contribution in [3.05, 3.63) is 54.4 Å². The van der Waals surface area contributed by atoms with Crippen LogP contribution in [0.2, 0.25) is 0 Å². The van der Waals surface area contributed by atoms with Crippen LogP contribution in [0.1, 0.15) is 12.2 Å². The number of hydrogen-bond donors (Lipinski definition) is 0. The summed E-state index contributed by atoms with van der Waals surface area (Å²) in [6, 6.07) is 13.7. The fourth-order valence-corrected chi connectivity index (χ4v) is 3.28. The van der Waals surface area contributed by atoms with E-state index in [0.717, 1.165) is 11.4 Å². The zero-order valence-corrected chi connectivity index (χ0v) is 15.6. The van der Waals surface area contributed by atoms with Crippen LogP contribution in [0.25, 0.3) is 5.69 Å². The topological polar surface area (TPSA) is 76.4 Å². The highest BCUT2D eigenvalue weighted by molar-refractivity contribution is 5.98. The van der Waals surface area contributed by atoms with Crippen LogP contribution < -0.4 is 14.5 Å². The molecule has 29 heavy (non-hydrogen) atoms. The van der Waals surface area contributed by atoms with Gasteiger partial charge in [0.1, 0.15) is 5.75 Å². The maximum atomic E-state index is 12.3. The second-order valence-electron chi connectivity index (χ2n) is 6.49. The lowest BCUT2D eigenvalue weighted by atomic mass is 10.2. The fraction of sp³-hybridized carbons (Fsp3) is 0.263. The van der Waals surface area contributed by atoms with Gasteiger partial charge in [-0.25, -0.2) is 0 Å². The fourth-order valence-electron chi connectivity index (χ4n) is 3.28. The molecule has 8 nitrogen and oxygen atoms in total. The lowest BCUT2D eigenvalue weighted by molar-refractivity contribution is -0.118. The number of hydrogen-bond acceptors (Lipinski definition) is 6. The van der Waals surface area contributed by atoms with Crippen molar-refractivity contribution in [2.45, 2.75) is 19.6 Å². The largest absolute Gasteiger partial charge is 0.435 e. The third kappa shape index (κ3) is 3.86. The van der Waals surface area contributed by atoms with Crippen LogP contribution in [-0.4, -0.2) is 46.3 Å². The summed E-state index contributed by atoms with van der Waals surface area (Å²) in [5.41, 5.74) is 2.35. The van der Waals surface area contributed by atoms with Crippen molar-refractivity contribution in [3.63, 3.8) is 0 Å². The van der Waals surface area contributed by atoms with E-state index < -0.39 is 6.61 Å².